The molecule has 4 amide bonds. The van der Waals surface area contributed by atoms with Crippen molar-refractivity contribution in [3.63, 3.8) is 0 Å². The van der Waals surface area contributed by atoms with Gasteiger partial charge in [-0.2, -0.15) is 0 Å². The number of aliphatic hydroxyl groups excluding tert-OH is 2. The summed E-state index contributed by atoms with van der Waals surface area (Å²) in [7, 11) is 0. The standard InChI is InChI=1S/C54H61N5O14/c1-50-16-15-30(61)17-28(50)9-12-31-32-18-36-54(35(63)22-60,51(32,2)20-34(62)40(31)50)73-48(72-36)27-7-3-25(4-8-27)19-52-41-44-42(52)46-43(52)45(41)53(44,46)59-49(69)70-23-26-5-10-29(11-6-26)57-47(68)33(13-14-39(66)67)58-37(64)21-56-38(65)24-71-55/h3-8,10-11,15-17,31-34,36,40-46,48,60,62H,9,12-14,18-24,55H2,1-2H3,(H,56,65)(H,57,68)(H,58,64)(H,59,69)(H,66,67)/t31-,32-,33-,34-,36+,40+,41?,42?,43?,44?,45?,46?,48+,50-,51-,52?,53?,54+/m0/s1. The van der Waals surface area contributed by atoms with Crippen LogP contribution in [0.4, 0.5) is 10.5 Å². The van der Waals surface area contributed by atoms with Crippen molar-refractivity contribution in [2.45, 2.75) is 101 Å². The molecule has 0 unspecified atom stereocenters. The fraction of sp³-hybridized carbons (Fsp3) is 0.574. The number of nitrogens with two attached hydrogens (primary N) is 1. The average molecular weight is 1000 g/mol. The second-order valence-corrected chi connectivity index (χ2v) is 23.0. The number of ether oxygens (including phenoxy) is 3. The van der Waals surface area contributed by atoms with E-state index in [0.717, 1.165) is 30.4 Å². The molecule has 10 atom stereocenters. The molecule has 2 aromatic carbocycles. The van der Waals surface area contributed by atoms with Crippen molar-refractivity contribution >= 4 is 47.0 Å². The smallest absolute Gasteiger partial charge is 0.407 e. The third-order valence-corrected chi connectivity index (χ3v) is 20.3. The number of anilines is 1. The summed E-state index contributed by atoms with van der Waals surface area (Å²) in [6, 6.07) is 13.7. The summed E-state index contributed by atoms with van der Waals surface area (Å²) in [6.45, 7) is 2.55. The number of fused-ring (bicyclic) bond motifs is 7. The number of hydrogen-bond acceptors (Lipinski definition) is 14. The van der Waals surface area contributed by atoms with Crippen LogP contribution < -0.4 is 27.2 Å². The SMILES string of the molecule is C[C@]12C=CC(=O)C=C1CC[C@@H]1[C@@H]2[C@@H](O)C[C@@]2(C)[C@H]1C[C@H]1O[C@@H](c3ccc(CC45C6C7C4C4C5C6C74NC(=O)OCc4ccc(NC(=O)[C@H](CCC(=O)O)NC(=O)CNC(=O)CON)cc4)cc3)O[C@]12C(=O)CO. The molecule has 9 N–H and O–H groups in total. The maximum atomic E-state index is 14.0. The summed E-state index contributed by atoms with van der Waals surface area (Å²) >= 11 is 0. The topological polar surface area (TPSA) is 291 Å². The van der Waals surface area contributed by atoms with Gasteiger partial charge in [-0.15, -0.1) is 0 Å². The van der Waals surface area contributed by atoms with Gasteiger partial charge in [0, 0.05) is 34.4 Å². The first kappa shape index (κ1) is 48.1. The molecular formula is C54H61N5O14. The molecule has 19 nitrogen and oxygen atoms in total. The number of aliphatic hydroxyl groups is 2. The van der Waals surface area contributed by atoms with Gasteiger partial charge in [-0.1, -0.05) is 61.9 Å². The third kappa shape index (κ3) is 6.54. The Morgan fingerprint density at radius 2 is 1.62 bits per heavy atom. The molecule has 19 heteroatoms. The molecule has 1 heterocycles. The summed E-state index contributed by atoms with van der Waals surface area (Å²) in [5.74, 6) is 4.30. The van der Waals surface area contributed by atoms with E-state index in [1.54, 1.807) is 36.4 Å². The lowest BCUT2D eigenvalue weighted by molar-refractivity contribution is -0.624. The number of alkyl carbamates (subject to hydrolysis) is 1. The Morgan fingerprint density at radius 3 is 2.29 bits per heavy atom. The number of aliphatic carboxylic acids is 1. The molecule has 9 saturated carbocycles. The molecule has 1 aliphatic heterocycles. The zero-order valence-electron chi connectivity index (χ0n) is 40.5. The molecule has 1 saturated heterocycles. The maximum absolute atomic E-state index is 14.0. The Balaban J connectivity index is 0.627. The zero-order chi connectivity index (χ0) is 51.1. The van der Waals surface area contributed by atoms with Crippen LogP contribution in [-0.2, 0) is 60.8 Å². The molecule has 10 fully saturated rings. The number of ketones is 2. The van der Waals surface area contributed by atoms with Gasteiger partial charge in [0.2, 0.25) is 17.7 Å². The second-order valence-electron chi connectivity index (χ2n) is 23.0. The normalized spacial score (nSPS) is 40.9. The quantitative estimate of drug-likeness (QED) is 0.0997. The largest absolute Gasteiger partial charge is 0.481 e. The minimum absolute atomic E-state index is 0.00576. The van der Waals surface area contributed by atoms with Crippen molar-refractivity contribution in [2.24, 2.45) is 75.4 Å². The van der Waals surface area contributed by atoms with E-state index in [1.807, 2.05) is 25.1 Å². The number of amides is 4. The number of carboxylic acids is 1. The van der Waals surface area contributed by atoms with Crippen molar-refractivity contribution in [1.82, 2.24) is 16.0 Å². The van der Waals surface area contributed by atoms with Gasteiger partial charge in [-0.3, -0.25) is 33.6 Å². The Labute approximate surface area is 420 Å². The maximum Gasteiger partial charge on any atom is 0.407 e. The van der Waals surface area contributed by atoms with Crippen molar-refractivity contribution in [3.8, 4) is 0 Å². The number of rotatable bonds is 18. The second kappa shape index (κ2) is 16.8. The summed E-state index contributed by atoms with van der Waals surface area (Å²) in [4.78, 5) is 92.0. The van der Waals surface area contributed by atoms with E-state index in [1.165, 1.54) is 5.56 Å². The van der Waals surface area contributed by atoms with Gasteiger partial charge < -0.3 is 50.8 Å². The highest BCUT2D eigenvalue weighted by molar-refractivity contribution is 6.01. The number of benzene rings is 2. The van der Waals surface area contributed by atoms with Crippen LogP contribution in [0.1, 0.15) is 75.4 Å². The Kier molecular flexibility index (Phi) is 11.1. The van der Waals surface area contributed by atoms with E-state index in [0.29, 0.717) is 59.6 Å². The van der Waals surface area contributed by atoms with E-state index >= 15 is 0 Å². The summed E-state index contributed by atoms with van der Waals surface area (Å²) in [5.41, 5.74) is 1.58. The van der Waals surface area contributed by atoms with Crippen molar-refractivity contribution in [1.29, 1.82) is 0 Å². The Bertz CT molecular complexity index is 2730. The zero-order valence-corrected chi connectivity index (χ0v) is 40.5. The van der Waals surface area contributed by atoms with Crippen LogP contribution in [0.15, 0.2) is 72.3 Å². The molecule has 11 aliphatic rings. The Hall–Kier alpha value is -5.83. The van der Waals surface area contributed by atoms with Crippen LogP contribution in [0.5, 0.6) is 0 Å². The molecule has 0 spiro atoms. The lowest BCUT2D eigenvalue weighted by Gasteiger charge is -3.11. The molecule has 2 aromatic rings. The van der Waals surface area contributed by atoms with Crippen LogP contribution >= 0.6 is 0 Å². The summed E-state index contributed by atoms with van der Waals surface area (Å²) in [6.07, 6.45) is 5.54. The van der Waals surface area contributed by atoms with E-state index in [-0.39, 0.29) is 53.9 Å². The highest BCUT2D eigenvalue weighted by Gasteiger charge is 3.09. The fourth-order valence-corrected chi connectivity index (χ4v) is 17.7. The van der Waals surface area contributed by atoms with Crippen LogP contribution in [0.2, 0.25) is 0 Å². The first-order valence-corrected chi connectivity index (χ1v) is 25.6. The fourth-order valence-electron chi connectivity index (χ4n) is 17.7. The molecular weight excluding hydrogens is 943 g/mol. The molecule has 73 heavy (non-hydrogen) atoms. The van der Waals surface area contributed by atoms with Gasteiger partial charge in [0.15, 0.2) is 23.5 Å². The number of hydrogen-bond donors (Lipinski definition) is 8. The lowest BCUT2D eigenvalue weighted by Crippen LogP contribution is -3.15. The van der Waals surface area contributed by atoms with Gasteiger partial charge in [0.05, 0.1) is 24.3 Å². The lowest BCUT2D eigenvalue weighted by atomic mass is 8.94. The first-order valence-electron chi connectivity index (χ1n) is 25.6. The van der Waals surface area contributed by atoms with Crippen molar-refractivity contribution in [3.05, 3.63) is 89.0 Å². The molecule has 0 aromatic heterocycles. The van der Waals surface area contributed by atoms with Crippen molar-refractivity contribution in [2.75, 3.05) is 25.1 Å². The monoisotopic (exact) mass is 1000 g/mol. The van der Waals surface area contributed by atoms with Crippen molar-refractivity contribution < 1.29 is 67.9 Å². The highest BCUT2D eigenvalue weighted by Crippen LogP contribution is 3.07. The average Bonchev–Trinajstić information content (AvgIpc) is 3.88. The minimum Gasteiger partial charge on any atom is -0.481 e. The van der Waals surface area contributed by atoms with Crippen LogP contribution in [0.3, 0.4) is 0 Å². The molecule has 10 aliphatic carbocycles. The summed E-state index contributed by atoms with van der Waals surface area (Å²) in [5, 5.41) is 42.2. The van der Waals surface area contributed by atoms with E-state index < -0.39 is 96.3 Å². The number of carbonyl (C=O) groups excluding carboxylic acids is 6. The number of nitrogens with one attached hydrogen (secondary N) is 4. The minimum atomic E-state index is -1.41. The van der Waals surface area contributed by atoms with E-state index in [9.17, 15) is 43.8 Å². The predicted molar refractivity (Wildman–Crippen MR) is 254 cm³/mol. The number of carboxylic acid groups (broad SMARTS) is 1. The summed E-state index contributed by atoms with van der Waals surface area (Å²) < 4.78 is 19.2. The van der Waals surface area contributed by atoms with E-state index in [4.69, 9.17) is 25.2 Å². The molecule has 0 radical (unpaired) electrons. The first-order chi connectivity index (χ1) is 34.9. The predicted octanol–water partition coefficient (Wildman–Crippen LogP) is 2.54. The third-order valence-electron chi connectivity index (χ3n) is 20.3. The van der Waals surface area contributed by atoms with Crippen LogP contribution in [0, 0.1) is 69.5 Å². The van der Waals surface area contributed by atoms with Gasteiger partial charge in [-0.05, 0) is 127 Å². The molecule has 386 valence electrons. The number of carbonyl (C=O) groups is 7. The highest BCUT2D eigenvalue weighted by atomic mass is 16.7. The van der Waals surface area contributed by atoms with Crippen LogP contribution in [-0.4, -0.2) is 106 Å². The number of Topliss-reactive ketones (excluding diaryl/α,β-unsaturated/α-hetero) is 1. The van der Waals surface area contributed by atoms with Gasteiger partial charge in [0.1, 0.15) is 25.9 Å². The molecule has 0 bridgehead atoms. The Morgan fingerprint density at radius 1 is 0.918 bits per heavy atom. The number of allylic oxidation sites excluding steroid dienone is 4. The van der Waals surface area contributed by atoms with Gasteiger partial charge in [0.25, 0.3) is 0 Å². The van der Waals surface area contributed by atoms with Gasteiger partial charge >= 0.3 is 12.1 Å². The molecule has 13 rings (SSSR count). The van der Waals surface area contributed by atoms with E-state index in [2.05, 4.69) is 45.2 Å². The van der Waals surface area contributed by atoms with Gasteiger partial charge in [-0.25, -0.2) is 10.7 Å². The van der Waals surface area contributed by atoms with Crippen LogP contribution in [0.25, 0.3) is 0 Å².